The van der Waals surface area contributed by atoms with E-state index in [2.05, 4.69) is 0 Å². The van der Waals surface area contributed by atoms with Gasteiger partial charge in [0.2, 0.25) is 0 Å². The van der Waals surface area contributed by atoms with Gasteiger partial charge in [-0.3, -0.25) is 0 Å². The first-order chi connectivity index (χ1) is 20.0. The quantitative estimate of drug-likeness (QED) is 0.148. The Labute approximate surface area is 239 Å². The van der Waals surface area contributed by atoms with Gasteiger partial charge in [-0.25, -0.2) is 35.1 Å². The molecule has 0 aliphatic heterocycles. The Kier molecular flexibility index (Phi) is 9.58. The van der Waals surface area contributed by atoms with Crippen LogP contribution in [0.4, 0.5) is 35.1 Å². The van der Waals surface area contributed by atoms with Gasteiger partial charge in [0.15, 0.2) is 0 Å². The van der Waals surface area contributed by atoms with Crippen molar-refractivity contribution < 1.29 is 44.2 Å². The first kappa shape index (κ1) is 30.6. The second kappa shape index (κ2) is 13.2. The predicted octanol–water partition coefficient (Wildman–Crippen LogP) is 7.54. The first-order valence-corrected chi connectivity index (χ1v) is 15.3. The first-order valence-electron chi connectivity index (χ1n) is 12.8. The minimum atomic E-state index is -2.19. The van der Waals surface area contributed by atoms with Gasteiger partial charge in [-0.1, -0.05) is 12.8 Å². The highest BCUT2D eigenvalue weighted by molar-refractivity contribution is 7.69. The van der Waals surface area contributed by atoms with Gasteiger partial charge in [0.25, 0.3) is 0 Å². The van der Waals surface area contributed by atoms with Gasteiger partial charge in [0.05, 0.1) is 28.5 Å². The molecule has 1 aliphatic carbocycles. The van der Waals surface area contributed by atoms with Gasteiger partial charge in [-0.2, -0.15) is 0 Å². The van der Waals surface area contributed by atoms with Crippen LogP contribution in [0.5, 0.6) is 0 Å². The van der Waals surface area contributed by atoms with Crippen molar-refractivity contribution in [2.45, 2.75) is 37.9 Å². The molecule has 4 aromatic carbocycles. The smallest absolute Gasteiger partial charge is 0.126 e. The SMILES string of the molecule is Fc1cc(F)cc(P(O[C@H]2CCCC[C@@H]2OP(c2cc(F)cc(F)c2)c2cc(F)cc(F)c2)c2cc(F)cc(F)c2)c1. The van der Waals surface area contributed by atoms with E-state index in [4.69, 9.17) is 9.05 Å². The fourth-order valence-corrected chi connectivity index (χ4v) is 8.77. The van der Waals surface area contributed by atoms with E-state index in [9.17, 15) is 35.1 Å². The van der Waals surface area contributed by atoms with Crippen molar-refractivity contribution in [3.8, 4) is 0 Å². The van der Waals surface area contributed by atoms with Crippen LogP contribution >= 0.6 is 16.3 Å². The number of rotatable bonds is 8. The molecule has 0 aromatic heterocycles. The molecule has 0 heterocycles. The van der Waals surface area contributed by atoms with Crippen LogP contribution in [0, 0.1) is 46.5 Å². The van der Waals surface area contributed by atoms with Gasteiger partial charge in [0, 0.05) is 45.5 Å². The fraction of sp³-hybridized carbons (Fsp3) is 0.200. The maximum atomic E-state index is 14.2. The zero-order valence-corrected chi connectivity index (χ0v) is 23.4. The lowest BCUT2D eigenvalue weighted by Crippen LogP contribution is -2.36. The highest BCUT2D eigenvalue weighted by Crippen LogP contribution is 2.45. The van der Waals surface area contributed by atoms with E-state index in [1.807, 2.05) is 0 Å². The lowest BCUT2D eigenvalue weighted by molar-refractivity contribution is 0.0414. The van der Waals surface area contributed by atoms with Crippen molar-refractivity contribution in [2.24, 2.45) is 0 Å². The molecule has 0 saturated heterocycles. The highest BCUT2D eigenvalue weighted by atomic mass is 31.1. The zero-order chi connectivity index (χ0) is 30.0. The van der Waals surface area contributed by atoms with E-state index >= 15 is 0 Å². The lowest BCUT2D eigenvalue weighted by Gasteiger charge is -2.36. The maximum absolute atomic E-state index is 14.2. The summed E-state index contributed by atoms with van der Waals surface area (Å²) in [4.78, 5) is 0. The lowest BCUT2D eigenvalue weighted by atomic mass is 9.95. The highest BCUT2D eigenvalue weighted by Gasteiger charge is 2.34. The molecule has 0 bridgehead atoms. The summed E-state index contributed by atoms with van der Waals surface area (Å²) in [6.45, 7) is 0. The Morgan fingerprint density at radius 2 is 0.595 bits per heavy atom. The molecule has 1 fully saturated rings. The molecule has 12 heteroatoms. The summed E-state index contributed by atoms with van der Waals surface area (Å²) in [7, 11) is -4.38. The van der Waals surface area contributed by atoms with Crippen LogP contribution in [-0.2, 0) is 9.05 Å². The van der Waals surface area contributed by atoms with E-state index in [-0.39, 0.29) is 21.2 Å². The number of halogens is 8. The molecule has 0 radical (unpaired) electrons. The van der Waals surface area contributed by atoms with Crippen LogP contribution in [0.2, 0.25) is 0 Å². The van der Waals surface area contributed by atoms with Gasteiger partial charge < -0.3 is 9.05 Å². The summed E-state index contributed by atoms with van der Waals surface area (Å²) in [5.41, 5.74) is 0. The third-order valence-corrected chi connectivity index (χ3v) is 10.3. The van der Waals surface area contributed by atoms with E-state index in [0.717, 1.165) is 48.5 Å². The van der Waals surface area contributed by atoms with Crippen molar-refractivity contribution in [1.29, 1.82) is 0 Å². The minimum Gasteiger partial charge on any atom is -0.344 e. The normalized spacial score (nSPS) is 17.3. The Hall–Kier alpha value is -2.90. The van der Waals surface area contributed by atoms with Crippen LogP contribution < -0.4 is 21.2 Å². The van der Waals surface area contributed by atoms with E-state index in [1.54, 1.807) is 0 Å². The van der Waals surface area contributed by atoms with E-state index < -0.39 is 75.0 Å². The number of hydrogen-bond donors (Lipinski definition) is 0. The second-order valence-corrected chi connectivity index (χ2v) is 13.3. The average Bonchev–Trinajstić information content (AvgIpc) is 2.88. The molecule has 2 atom stereocenters. The Morgan fingerprint density at radius 1 is 0.381 bits per heavy atom. The monoisotopic (exact) mass is 628 g/mol. The third kappa shape index (κ3) is 7.54. The molecule has 4 aromatic rings. The summed E-state index contributed by atoms with van der Waals surface area (Å²) < 4.78 is 126. The largest absolute Gasteiger partial charge is 0.344 e. The van der Waals surface area contributed by atoms with Crippen molar-refractivity contribution >= 4 is 37.5 Å². The Bertz CT molecular complexity index is 1290. The fourth-order valence-electron chi connectivity index (χ4n) is 4.74. The molecule has 1 saturated carbocycles. The zero-order valence-electron chi connectivity index (χ0n) is 21.6. The van der Waals surface area contributed by atoms with Crippen LogP contribution in [0.25, 0.3) is 0 Å². The number of hydrogen-bond acceptors (Lipinski definition) is 2. The predicted molar refractivity (Wildman–Crippen MR) is 146 cm³/mol. The van der Waals surface area contributed by atoms with Gasteiger partial charge in [0.1, 0.15) is 46.5 Å². The molecular formula is C30H22F8O2P2. The van der Waals surface area contributed by atoms with Crippen LogP contribution in [-0.4, -0.2) is 12.2 Å². The molecule has 1 aliphatic rings. The summed E-state index contributed by atoms with van der Waals surface area (Å²) in [6.07, 6.45) is 0.371. The standard InChI is InChI=1S/C30H22F8O2P2/c31-17-5-18(32)10-25(9-17)41(26-11-19(33)6-20(34)12-26)39-29-3-1-2-4-30(29)40-42(27-13-21(35)7-22(36)14-27)28-15-23(37)8-24(38)16-28/h5-16,29-30H,1-4H2/t29-,30-/m0/s1. The molecular weight excluding hydrogens is 606 g/mol. The molecule has 42 heavy (non-hydrogen) atoms. The van der Waals surface area contributed by atoms with Crippen LogP contribution in [0.3, 0.4) is 0 Å². The summed E-state index contributed by atoms with van der Waals surface area (Å²) in [5.74, 6) is -7.34. The van der Waals surface area contributed by atoms with Crippen molar-refractivity contribution in [1.82, 2.24) is 0 Å². The summed E-state index contributed by atoms with van der Waals surface area (Å²) in [6, 6.07) is 10.7. The third-order valence-electron chi connectivity index (χ3n) is 6.45. The van der Waals surface area contributed by atoms with Gasteiger partial charge in [-0.15, -0.1) is 0 Å². The molecule has 0 amide bonds. The molecule has 5 rings (SSSR count). The Balaban J connectivity index is 1.53. The van der Waals surface area contributed by atoms with Crippen LogP contribution in [0.15, 0.2) is 72.8 Å². The molecule has 0 spiro atoms. The average molecular weight is 628 g/mol. The van der Waals surface area contributed by atoms with E-state index in [1.165, 1.54) is 0 Å². The van der Waals surface area contributed by atoms with Crippen LogP contribution in [0.1, 0.15) is 25.7 Å². The minimum absolute atomic E-state index is 0.0125. The second-order valence-electron chi connectivity index (χ2n) is 9.67. The van der Waals surface area contributed by atoms with Crippen molar-refractivity contribution in [2.75, 3.05) is 0 Å². The molecule has 0 unspecified atom stereocenters. The number of benzene rings is 4. The summed E-state index contributed by atoms with van der Waals surface area (Å²) in [5, 5.41) is 0.0500. The van der Waals surface area contributed by atoms with E-state index in [0.29, 0.717) is 49.9 Å². The summed E-state index contributed by atoms with van der Waals surface area (Å²) >= 11 is 0. The van der Waals surface area contributed by atoms with Gasteiger partial charge in [-0.05, 0) is 61.4 Å². The molecule has 2 nitrogen and oxygen atoms in total. The molecule has 220 valence electrons. The molecule has 0 N–H and O–H groups in total. The van der Waals surface area contributed by atoms with Crippen molar-refractivity contribution in [3.05, 3.63) is 119 Å². The van der Waals surface area contributed by atoms with Gasteiger partial charge >= 0.3 is 0 Å². The Morgan fingerprint density at radius 3 is 0.810 bits per heavy atom. The van der Waals surface area contributed by atoms with Crippen molar-refractivity contribution in [3.63, 3.8) is 0 Å². The maximum Gasteiger partial charge on any atom is 0.126 e. The topological polar surface area (TPSA) is 18.5 Å².